The molecule has 0 saturated carbocycles. The van der Waals surface area contributed by atoms with E-state index in [2.05, 4.69) is 20.8 Å². The van der Waals surface area contributed by atoms with Gasteiger partial charge in [-0.3, -0.25) is 19.8 Å². The van der Waals surface area contributed by atoms with Gasteiger partial charge in [-0.1, -0.05) is 5.16 Å². The Kier molecular flexibility index (Phi) is 5.36. The van der Waals surface area contributed by atoms with E-state index in [1.165, 1.54) is 35.6 Å². The Morgan fingerprint density at radius 2 is 2.07 bits per heavy atom. The fourth-order valence-corrected chi connectivity index (χ4v) is 4.05. The summed E-state index contributed by atoms with van der Waals surface area (Å²) >= 11 is 1.39. The van der Waals surface area contributed by atoms with Crippen LogP contribution in [0.5, 0.6) is 0 Å². The Bertz CT molecular complexity index is 1050. The summed E-state index contributed by atoms with van der Waals surface area (Å²) in [6.45, 7) is 3.19. The number of carbonyl (C=O) groups excluding carboxylic acids is 2. The monoisotopic (exact) mass is 415 g/mol. The molecule has 4 rings (SSSR count). The first-order valence-corrected chi connectivity index (χ1v) is 9.79. The van der Waals surface area contributed by atoms with Gasteiger partial charge in [0.2, 0.25) is 5.91 Å². The van der Waals surface area contributed by atoms with E-state index in [1.807, 2.05) is 4.90 Å². The molecule has 8 nitrogen and oxygen atoms in total. The number of aryl methyl sites for hydroxylation is 1. The normalized spacial score (nSPS) is 13.7. The Hall–Kier alpha value is -3.11. The van der Waals surface area contributed by atoms with E-state index >= 15 is 0 Å². The van der Waals surface area contributed by atoms with Gasteiger partial charge < -0.3 is 9.84 Å². The average Bonchev–Trinajstić information content (AvgIpc) is 3.29. The highest BCUT2D eigenvalue weighted by molar-refractivity contribution is 7.15. The lowest BCUT2D eigenvalue weighted by atomic mass is 10.2. The molecule has 0 bridgehead atoms. The van der Waals surface area contributed by atoms with Crippen LogP contribution < -0.4 is 10.6 Å². The molecule has 0 spiro atoms. The number of anilines is 2. The number of nitrogens with one attached hydrogen (secondary N) is 2. The van der Waals surface area contributed by atoms with E-state index < -0.39 is 0 Å². The second kappa shape index (κ2) is 8.10. The second-order valence-electron chi connectivity index (χ2n) is 6.68. The van der Waals surface area contributed by atoms with Crippen LogP contribution in [-0.4, -0.2) is 39.9 Å². The van der Waals surface area contributed by atoms with Gasteiger partial charge in [-0.05, 0) is 31.2 Å². The van der Waals surface area contributed by atoms with Gasteiger partial charge in [0, 0.05) is 36.1 Å². The molecule has 0 aliphatic carbocycles. The average molecular weight is 415 g/mol. The Labute approximate surface area is 169 Å². The van der Waals surface area contributed by atoms with Crippen LogP contribution in [0.1, 0.15) is 26.8 Å². The molecule has 0 saturated heterocycles. The lowest BCUT2D eigenvalue weighted by Crippen LogP contribution is -2.36. The maximum atomic E-state index is 13.0. The van der Waals surface area contributed by atoms with Crippen molar-refractivity contribution in [3.05, 3.63) is 58.2 Å². The van der Waals surface area contributed by atoms with Crippen molar-refractivity contribution in [1.82, 2.24) is 15.0 Å². The molecule has 3 heterocycles. The standard InChI is InChI=1S/C19H18FN5O3S/c1-11-8-15(24-28-11)18(27)23-19-22-14-6-7-25(9-16(14)29-19)10-17(26)21-13-4-2-12(20)3-5-13/h2-5,8H,6-7,9-10H2,1H3,(H,21,26)(H,22,23,27). The number of benzene rings is 1. The number of fused-ring (bicyclic) bond motifs is 1. The predicted octanol–water partition coefficient (Wildman–Crippen LogP) is 2.83. The van der Waals surface area contributed by atoms with E-state index in [4.69, 9.17) is 4.52 Å². The number of aromatic nitrogens is 2. The van der Waals surface area contributed by atoms with Gasteiger partial charge in [-0.2, -0.15) is 0 Å². The second-order valence-corrected chi connectivity index (χ2v) is 7.77. The molecule has 0 radical (unpaired) electrons. The summed E-state index contributed by atoms with van der Waals surface area (Å²) in [5, 5.41) is 9.69. The Morgan fingerprint density at radius 3 is 2.79 bits per heavy atom. The molecule has 2 aromatic heterocycles. The smallest absolute Gasteiger partial charge is 0.279 e. The molecule has 0 atom stereocenters. The van der Waals surface area contributed by atoms with Crippen molar-refractivity contribution in [3.63, 3.8) is 0 Å². The van der Waals surface area contributed by atoms with Crippen molar-refractivity contribution < 1.29 is 18.5 Å². The molecule has 29 heavy (non-hydrogen) atoms. The van der Waals surface area contributed by atoms with Crippen molar-refractivity contribution in [1.29, 1.82) is 0 Å². The minimum atomic E-state index is -0.372. The lowest BCUT2D eigenvalue weighted by Gasteiger charge is -2.25. The number of amides is 2. The van der Waals surface area contributed by atoms with Crippen LogP contribution in [-0.2, 0) is 17.8 Å². The van der Waals surface area contributed by atoms with Crippen LogP contribution in [0, 0.1) is 12.7 Å². The van der Waals surface area contributed by atoms with Crippen molar-refractivity contribution in [2.24, 2.45) is 0 Å². The quantitative estimate of drug-likeness (QED) is 0.665. The molecule has 150 valence electrons. The summed E-state index contributed by atoms with van der Waals surface area (Å²) in [7, 11) is 0. The first-order chi connectivity index (χ1) is 14.0. The molecule has 2 N–H and O–H groups in total. The van der Waals surface area contributed by atoms with Crippen LogP contribution in [0.25, 0.3) is 0 Å². The number of halogens is 1. The predicted molar refractivity (Wildman–Crippen MR) is 105 cm³/mol. The Balaban J connectivity index is 1.34. The molecule has 2 amide bonds. The zero-order valence-electron chi connectivity index (χ0n) is 15.6. The third-order valence-electron chi connectivity index (χ3n) is 4.39. The van der Waals surface area contributed by atoms with Crippen LogP contribution in [0.15, 0.2) is 34.9 Å². The van der Waals surface area contributed by atoms with Gasteiger partial charge in [-0.15, -0.1) is 11.3 Å². The molecular weight excluding hydrogens is 397 g/mol. The molecule has 3 aromatic rings. The minimum absolute atomic E-state index is 0.167. The zero-order chi connectivity index (χ0) is 20.4. The Morgan fingerprint density at radius 1 is 1.28 bits per heavy atom. The highest BCUT2D eigenvalue weighted by atomic mass is 32.1. The van der Waals surface area contributed by atoms with Crippen LogP contribution in [0.2, 0.25) is 0 Å². The summed E-state index contributed by atoms with van der Waals surface area (Å²) in [5.74, 6) is -0.329. The largest absolute Gasteiger partial charge is 0.361 e. The number of carbonyl (C=O) groups is 2. The van der Waals surface area contributed by atoms with Gasteiger partial charge in [0.1, 0.15) is 11.6 Å². The van der Waals surface area contributed by atoms with E-state index in [0.29, 0.717) is 36.1 Å². The number of nitrogens with zero attached hydrogens (tertiary/aromatic N) is 3. The van der Waals surface area contributed by atoms with Crippen LogP contribution in [0.4, 0.5) is 15.2 Å². The van der Waals surface area contributed by atoms with E-state index in [9.17, 15) is 14.0 Å². The van der Waals surface area contributed by atoms with Crippen molar-refractivity contribution in [2.45, 2.75) is 19.9 Å². The van der Waals surface area contributed by atoms with Crippen molar-refractivity contribution in [2.75, 3.05) is 23.7 Å². The molecule has 1 aromatic carbocycles. The van der Waals surface area contributed by atoms with Crippen LogP contribution in [0.3, 0.4) is 0 Å². The number of thiazole rings is 1. The number of hydrogen-bond acceptors (Lipinski definition) is 7. The number of hydrogen-bond donors (Lipinski definition) is 2. The summed E-state index contributed by atoms with van der Waals surface area (Å²) in [5.41, 5.74) is 1.69. The van der Waals surface area contributed by atoms with Gasteiger partial charge >= 0.3 is 0 Å². The maximum Gasteiger partial charge on any atom is 0.279 e. The van der Waals surface area contributed by atoms with Crippen molar-refractivity contribution in [3.8, 4) is 0 Å². The van der Waals surface area contributed by atoms with Crippen LogP contribution >= 0.6 is 11.3 Å². The summed E-state index contributed by atoms with van der Waals surface area (Å²) < 4.78 is 17.9. The molecule has 10 heteroatoms. The molecule has 1 aliphatic rings. The topological polar surface area (TPSA) is 100 Å². The molecule has 0 unspecified atom stereocenters. The first kappa shape index (κ1) is 19.2. The third-order valence-corrected chi connectivity index (χ3v) is 5.38. The van der Waals surface area contributed by atoms with Crippen molar-refractivity contribution >= 4 is 34.0 Å². The lowest BCUT2D eigenvalue weighted by molar-refractivity contribution is -0.117. The van der Waals surface area contributed by atoms with Gasteiger partial charge in [-0.25, -0.2) is 9.37 Å². The highest BCUT2D eigenvalue weighted by Crippen LogP contribution is 2.28. The molecule has 1 aliphatic heterocycles. The fraction of sp³-hybridized carbons (Fsp3) is 0.263. The summed E-state index contributed by atoms with van der Waals surface area (Å²) in [4.78, 5) is 31.9. The molecule has 0 fully saturated rings. The van der Waals surface area contributed by atoms with Gasteiger partial charge in [0.25, 0.3) is 5.91 Å². The maximum absolute atomic E-state index is 13.0. The molecular formula is C19H18FN5O3S. The van der Waals surface area contributed by atoms with E-state index in [1.54, 1.807) is 13.0 Å². The summed E-state index contributed by atoms with van der Waals surface area (Å²) in [6.07, 6.45) is 0.689. The first-order valence-electron chi connectivity index (χ1n) is 8.97. The third kappa shape index (κ3) is 4.66. The fourth-order valence-electron chi connectivity index (χ4n) is 3.01. The van der Waals surface area contributed by atoms with Gasteiger partial charge in [0.05, 0.1) is 12.2 Å². The summed E-state index contributed by atoms with van der Waals surface area (Å²) in [6, 6.07) is 7.21. The van der Waals surface area contributed by atoms with E-state index in [0.717, 1.165) is 10.6 Å². The zero-order valence-corrected chi connectivity index (χ0v) is 16.4. The highest BCUT2D eigenvalue weighted by Gasteiger charge is 2.23. The van der Waals surface area contributed by atoms with E-state index in [-0.39, 0.29) is 29.9 Å². The van der Waals surface area contributed by atoms with Gasteiger partial charge in [0.15, 0.2) is 10.8 Å². The number of rotatable bonds is 5. The minimum Gasteiger partial charge on any atom is -0.361 e. The SMILES string of the molecule is Cc1cc(C(=O)Nc2nc3c(s2)CN(CC(=O)Nc2ccc(F)cc2)CC3)no1.